The van der Waals surface area contributed by atoms with Gasteiger partial charge < -0.3 is 5.53 Å². The third-order valence-corrected chi connectivity index (χ3v) is 4.32. The normalized spacial score (nSPS) is 17.2. The summed E-state index contributed by atoms with van der Waals surface area (Å²) >= 11 is 0. The molecule has 3 rings (SSSR count). The minimum absolute atomic E-state index is 0.0656. The Morgan fingerprint density at radius 1 is 1.20 bits per heavy atom. The molecule has 1 aromatic rings. The summed E-state index contributed by atoms with van der Waals surface area (Å²) in [5.41, 5.74) is 12.6. The molecular weight excluding hydrogens is 276 g/mol. The lowest BCUT2D eigenvalue weighted by Crippen LogP contribution is -2.18. The van der Waals surface area contributed by atoms with Crippen LogP contribution in [0.4, 0.5) is 0 Å². The first-order valence-corrected chi connectivity index (χ1v) is 7.36. The van der Waals surface area contributed by atoms with Crippen LogP contribution in [-0.4, -0.2) is 23.5 Å². The lowest BCUT2D eigenvalue weighted by molar-refractivity contribution is -0.00306. The fourth-order valence-electron chi connectivity index (χ4n) is 2.44. The molecule has 0 heterocycles. The van der Waals surface area contributed by atoms with E-state index in [2.05, 4.69) is 4.79 Å². The third-order valence-electron chi connectivity index (χ3n) is 3.38. The van der Waals surface area contributed by atoms with Crippen molar-refractivity contribution in [3.8, 4) is 0 Å². The number of hydrogen-bond donors (Lipinski definition) is 1. The van der Waals surface area contributed by atoms with Gasteiger partial charge in [0, 0.05) is 6.42 Å². The van der Waals surface area contributed by atoms with Gasteiger partial charge in [-0.25, -0.2) is 0 Å². The molecule has 0 spiro atoms. The van der Waals surface area contributed by atoms with Gasteiger partial charge >= 0.3 is 5.71 Å². The first kappa shape index (κ1) is 12.7. The Bertz CT molecular complexity index is 854. The van der Waals surface area contributed by atoms with E-state index in [9.17, 15) is 13.9 Å². The van der Waals surface area contributed by atoms with Crippen LogP contribution in [0, 0.1) is 0 Å². The summed E-state index contributed by atoms with van der Waals surface area (Å²) in [6.45, 7) is 0. The average molecular weight is 286 g/mol. The molecule has 0 atom stereocenters. The quantitative estimate of drug-likeness (QED) is 0.487. The summed E-state index contributed by atoms with van der Waals surface area (Å²) in [5, 5.41) is 0. The fraction of sp³-hybridized carbons (Fsp3) is 0.0714. The number of nitrogens with zero attached hydrogens (tertiary/aromatic N) is 2. The van der Waals surface area contributed by atoms with E-state index in [4.69, 9.17) is 4.55 Å². The number of allylic oxidation sites excluding steroid dienone is 5. The molecule has 0 aromatic heterocycles. The van der Waals surface area contributed by atoms with Crippen molar-refractivity contribution in [2.45, 2.75) is 6.42 Å². The van der Waals surface area contributed by atoms with Gasteiger partial charge in [-0.1, -0.05) is 18.2 Å². The standard InChI is InChI=1S/C14H10N2O3S/c15-16-14-12-4-2-1-3-9(12)7-10-8-11(20(17,18)19)5-6-13(10)14/h1-7H,8H2,(H,17,18,19). The van der Waals surface area contributed by atoms with Gasteiger partial charge in [0.2, 0.25) is 0 Å². The average Bonchev–Trinajstić information content (AvgIpc) is 2.43. The van der Waals surface area contributed by atoms with E-state index in [0.717, 1.165) is 11.1 Å². The Kier molecular flexibility index (Phi) is 2.79. The predicted octanol–water partition coefficient (Wildman–Crippen LogP) is 2.20. The van der Waals surface area contributed by atoms with Gasteiger partial charge in [-0.15, -0.1) is 0 Å². The lowest BCUT2D eigenvalue weighted by Gasteiger charge is -2.19. The molecule has 1 aromatic carbocycles. The SMILES string of the molecule is [N-]=[N+]=C1C2=CC=C(S(=O)(=O)O)CC2=Cc2ccccc21. The van der Waals surface area contributed by atoms with Gasteiger partial charge in [-0.05, 0) is 35.4 Å². The molecule has 2 aliphatic carbocycles. The number of benzene rings is 1. The van der Waals surface area contributed by atoms with Crippen LogP contribution in [0.1, 0.15) is 17.5 Å². The highest BCUT2D eigenvalue weighted by atomic mass is 32.2. The third kappa shape index (κ3) is 1.96. The maximum Gasteiger partial charge on any atom is 0.330 e. The van der Waals surface area contributed by atoms with E-state index in [1.165, 1.54) is 6.08 Å². The van der Waals surface area contributed by atoms with E-state index < -0.39 is 10.1 Å². The van der Waals surface area contributed by atoms with Crippen LogP contribution in [0.5, 0.6) is 0 Å². The second kappa shape index (κ2) is 4.38. The minimum atomic E-state index is -4.20. The van der Waals surface area contributed by atoms with Crippen molar-refractivity contribution in [2.24, 2.45) is 0 Å². The summed E-state index contributed by atoms with van der Waals surface area (Å²) in [6, 6.07) is 7.38. The summed E-state index contributed by atoms with van der Waals surface area (Å²) in [4.78, 5) is 3.26. The molecule has 0 aliphatic heterocycles. The van der Waals surface area contributed by atoms with Crippen LogP contribution in [0.3, 0.4) is 0 Å². The van der Waals surface area contributed by atoms with E-state index in [1.807, 2.05) is 30.3 Å². The second-order valence-electron chi connectivity index (χ2n) is 4.57. The first-order chi connectivity index (χ1) is 9.50. The fourth-order valence-corrected chi connectivity index (χ4v) is 3.02. The highest BCUT2D eigenvalue weighted by Gasteiger charge is 2.32. The Morgan fingerprint density at radius 2 is 1.95 bits per heavy atom. The van der Waals surface area contributed by atoms with E-state index >= 15 is 0 Å². The number of fused-ring (bicyclic) bond motifs is 2. The van der Waals surface area contributed by atoms with Crippen LogP contribution >= 0.6 is 0 Å². The van der Waals surface area contributed by atoms with E-state index in [-0.39, 0.29) is 11.3 Å². The molecule has 2 aliphatic rings. The van der Waals surface area contributed by atoms with Gasteiger partial charge in [-0.2, -0.15) is 13.2 Å². The highest BCUT2D eigenvalue weighted by Crippen LogP contribution is 2.35. The molecule has 0 amide bonds. The zero-order valence-electron chi connectivity index (χ0n) is 10.3. The highest BCUT2D eigenvalue weighted by molar-refractivity contribution is 7.89. The van der Waals surface area contributed by atoms with Crippen molar-refractivity contribution >= 4 is 21.9 Å². The molecule has 6 heteroatoms. The van der Waals surface area contributed by atoms with Crippen LogP contribution < -0.4 is 0 Å². The van der Waals surface area contributed by atoms with Crippen molar-refractivity contribution < 1.29 is 17.8 Å². The Labute approximate surface area is 115 Å². The van der Waals surface area contributed by atoms with Crippen LogP contribution in [0.2, 0.25) is 0 Å². The van der Waals surface area contributed by atoms with Crippen molar-refractivity contribution in [3.63, 3.8) is 0 Å². The maximum atomic E-state index is 11.2. The minimum Gasteiger partial charge on any atom is -0.361 e. The monoisotopic (exact) mass is 286 g/mol. The molecule has 0 saturated heterocycles. The van der Waals surface area contributed by atoms with E-state index in [0.29, 0.717) is 16.9 Å². The van der Waals surface area contributed by atoms with Crippen molar-refractivity contribution in [1.29, 1.82) is 0 Å². The Balaban J connectivity index is 2.22. The van der Waals surface area contributed by atoms with Crippen LogP contribution in [0.25, 0.3) is 11.6 Å². The van der Waals surface area contributed by atoms with Crippen LogP contribution in [-0.2, 0) is 10.1 Å². The maximum absolute atomic E-state index is 11.2. The second-order valence-corrected chi connectivity index (χ2v) is 6.05. The zero-order chi connectivity index (χ0) is 14.3. The smallest absolute Gasteiger partial charge is 0.330 e. The molecule has 20 heavy (non-hydrogen) atoms. The van der Waals surface area contributed by atoms with Crippen molar-refractivity contribution in [3.05, 3.63) is 69.1 Å². The number of rotatable bonds is 1. The van der Waals surface area contributed by atoms with Gasteiger partial charge in [0.25, 0.3) is 10.1 Å². The summed E-state index contributed by atoms with van der Waals surface area (Å²) in [6.07, 6.45) is 4.80. The molecule has 1 N–H and O–H groups in total. The molecule has 100 valence electrons. The first-order valence-electron chi connectivity index (χ1n) is 5.92. The van der Waals surface area contributed by atoms with Crippen molar-refractivity contribution in [2.75, 3.05) is 0 Å². The number of hydrogen-bond acceptors (Lipinski definition) is 2. The molecular formula is C14H10N2O3S. The van der Waals surface area contributed by atoms with Gasteiger partial charge in [0.05, 0.1) is 16.0 Å². The molecule has 0 fully saturated rings. The van der Waals surface area contributed by atoms with E-state index in [1.54, 1.807) is 6.08 Å². The molecule has 0 unspecified atom stereocenters. The van der Waals surface area contributed by atoms with Gasteiger partial charge in [-0.3, -0.25) is 4.55 Å². The molecule has 0 radical (unpaired) electrons. The summed E-state index contributed by atoms with van der Waals surface area (Å²) < 4.78 is 31.5. The lowest BCUT2D eigenvalue weighted by atomic mass is 9.83. The van der Waals surface area contributed by atoms with Gasteiger partial charge in [0.15, 0.2) is 0 Å². The van der Waals surface area contributed by atoms with Gasteiger partial charge in [0.1, 0.15) is 0 Å². The Hall–Kier alpha value is -2.27. The van der Waals surface area contributed by atoms with Crippen molar-refractivity contribution in [1.82, 2.24) is 0 Å². The topological polar surface area (TPSA) is 90.8 Å². The van der Waals surface area contributed by atoms with Crippen LogP contribution in [0.15, 0.2) is 52.5 Å². The molecule has 0 bridgehead atoms. The zero-order valence-corrected chi connectivity index (χ0v) is 11.1. The summed E-state index contributed by atoms with van der Waals surface area (Å²) in [5.74, 6) is 0. The predicted molar refractivity (Wildman–Crippen MR) is 74.5 cm³/mol. The Morgan fingerprint density at radius 3 is 2.65 bits per heavy atom. The molecule has 5 nitrogen and oxygen atoms in total. The summed E-state index contributed by atoms with van der Waals surface area (Å²) in [7, 11) is -4.20. The molecule has 0 saturated carbocycles. The largest absolute Gasteiger partial charge is 0.361 e.